The first kappa shape index (κ1) is 16.4. The fourth-order valence-electron chi connectivity index (χ4n) is 5.88. The molecule has 8 nitrogen and oxygen atoms in total. The summed E-state index contributed by atoms with van der Waals surface area (Å²) < 4.78 is 6.25. The van der Waals surface area contributed by atoms with E-state index in [0.29, 0.717) is 12.1 Å². The molecule has 30 heavy (non-hydrogen) atoms. The molecule has 5 atom stereocenters. The number of rotatable bonds is 1. The lowest BCUT2D eigenvalue weighted by Gasteiger charge is -2.57. The number of anilines is 2. The van der Waals surface area contributed by atoms with Crippen molar-refractivity contribution in [1.82, 2.24) is 20.7 Å². The summed E-state index contributed by atoms with van der Waals surface area (Å²) in [4.78, 5) is 7.32. The maximum absolute atomic E-state index is 6.25. The quantitative estimate of drug-likeness (QED) is 0.766. The van der Waals surface area contributed by atoms with E-state index in [-0.39, 0.29) is 18.4 Å². The SMILES string of the molecule is C1=NNC2C3NN=CN3C3C(N4c5ccccc5Oc5ccccc54)CCCC3N12. The van der Waals surface area contributed by atoms with Crippen LogP contribution in [0.1, 0.15) is 19.3 Å². The molecule has 2 N–H and O–H groups in total. The lowest BCUT2D eigenvalue weighted by Crippen LogP contribution is -2.74. The molecule has 1 saturated carbocycles. The highest BCUT2D eigenvalue weighted by Gasteiger charge is 2.54. The van der Waals surface area contributed by atoms with Crippen LogP contribution in [-0.2, 0) is 0 Å². The van der Waals surface area contributed by atoms with Crippen LogP contribution >= 0.6 is 0 Å². The first-order chi connectivity index (χ1) is 14.9. The lowest BCUT2D eigenvalue weighted by atomic mass is 9.80. The van der Waals surface area contributed by atoms with Gasteiger partial charge in [0.15, 0.2) is 23.8 Å². The Hall–Kier alpha value is -3.42. The predicted molar refractivity (Wildman–Crippen MR) is 115 cm³/mol. The van der Waals surface area contributed by atoms with Gasteiger partial charge in [-0.25, -0.2) is 0 Å². The molecule has 4 heterocycles. The van der Waals surface area contributed by atoms with Crippen molar-refractivity contribution in [3.63, 3.8) is 0 Å². The Kier molecular flexibility index (Phi) is 3.30. The molecule has 0 amide bonds. The summed E-state index contributed by atoms with van der Waals surface area (Å²) in [7, 11) is 0. The first-order valence-corrected chi connectivity index (χ1v) is 10.7. The van der Waals surface area contributed by atoms with E-state index < -0.39 is 0 Å². The molecule has 2 aromatic rings. The van der Waals surface area contributed by atoms with E-state index >= 15 is 0 Å². The molecule has 0 radical (unpaired) electrons. The Balaban J connectivity index is 1.37. The molecule has 1 saturated heterocycles. The van der Waals surface area contributed by atoms with Crippen molar-refractivity contribution in [2.24, 2.45) is 10.2 Å². The average Bonchev–Trinajstić information content (AvgIpc) is 3.46. The molecule has 0 spiro atoms. The number of nitrogens with one attached hydrogen (secondary N) is 2. The van der Waals surface area contributed by atoms with E-state index in [4.69, 9.17) is 4.74 Å². The molecule has 0 aromatic heterocycles. The zero-order valence-electron chi connectivity index (χ0n) is 16.4. The molecule has 7 rings (SSSR count). The zero-order valence-corrected chi connectivity index (χ0v) is 16.4. The molecule has 2 fully saturated rings. The van der Waals surface area contributed by atoms with Crippen LogP contribution in [0, 0.1) is 0 Å². The Morgan fingerprint density at radius 2 is 1.37 bits per heavy atom. The van der Waals surface area contributed by atoms with E-state index in [1.54, 1.807) is 0 Å². The van der Waals surface area contributed by atoms with Crippen molar-refractivity contribution >= 4 is 24.1 Å². The summed E-state index contributed by atoms with van der Waals surface area (Å²) in [5.74, 6) is 1.84. The minimum absolute atomic E-state index is 0.0703. The van der Waals surface area contributed by atoms with Crippen LogP contribution < -0.4 is 20.5 Å². The van der Waals surface area contributed by atoms with Crippen LogP contribution in [0.3, 0.4) is 0 Å². The lowest BCUT2D eigenvalue weighted by molar-refractivity contribution is -0.0135. The molecular formula is C22H23N7O. The van der Waals surface area contributed by atoms with Gasteiger partial charge in [-0.2, -0.15) is 10.2 Å². The van der Waals surface area contributed by atoms with Gasteiger partial charge in [0.05, 0.1) is 29.5 Å². The van der Waals surface area contributed by atoms with E-state index in [1.165, 1.54) is 6.42 Å². The van der Waals surface area contributed by atoms with Gasteiger partial charge in [-0.05, 0) is 43.5 Å². The largest absolute Gasteiger partial charge is 0.453 e. The Bertz CT molecular complexity index is 1010. The number of hydrogen-bond acceptors (Lipinski definition) is 8. The van der Waals surface area contributed by atoms with Crippen LogP contribution in [0.2, 0.25) is 0 Å². The fourth-order valence-corrected chi connectivity index (χ4v) is 5.88. The molecule has 152 valence electrons. The van der Waals surface area contributed by atoms with Gasteiger partial charge in [-0.1, -0.05) is 24.3 Å². The summed E-state index contributed by atoms with van der Waals surface area (Å²) in [6, 6.07) is 17.7. The van der Waals surface area contributed by atoms with Crippen molar-refractivity contribution in [3.05, 3.63) is 48.5 Å². The molecule has 0 bridgehead atoms. The fraction of sp³-hybridized carbons (Fsp3) is 0.364. The van der Waals surface area contributed by atoms with Gasteiger partial charge in [0.25, 0.3) is 0 Å². The van der Waals surface area contributed by atoms with E-state index in [1.807, 2.05) is 24.8 Å². The number of hydrogen-bond donors (Lipinski definition) is 2. The third-order valence-corrected chi connectivity index (χ3v) is 7.05. The summed E-state index contributed by atoms with van der Waals surface area (Å²) in [5.41, 5.74) is 8.83. The number of fused-ring (bicyclic) bond motifs is 8. The van der Waals surface area contributed by atoms with Gasteiger partial charge in [-0.15, -0.1) is 0 Å². The second-order valence-corrected chi connectivity index (χ2v) is 8.50. The minimum Gasteiger partial charge on any atom is -0.453 e. The maximum Gasteiger partial charge on any atom is 0.157 e. The number of hydrazone groups is 2. The molecule has 5 unspecified atom stereocenters. The Labute approximate surface area is 174 Å². The number of benzene rings is 2. The van der Waals surface area contributed by atoms with Gasteiger partial charge in [0.1, 0.15) is 12.7 Å². The molecular weight excluding hydrogens is 378 g/mol. The van der Waals surface area contributed by atoms with Crippen molar-refractivity contribution in [2.75, 3.05) is 4.90 Å². The van der Waals surface area contributed by atoms with Gasteiger partial charge in [0, 0.05) is 0 Å². The van der Waals surface area contributed by atoms with E-state index in [9.17, 15) is 0 Å². The standard InChI is InChI=1S/C22H23N7O/c1-3-10-18-14(6-1)29(15-7-2-4-11-19(15)30-18)17-9-5-8-16-20(17)28-13-24-26-22(28)21-25-23-12-27(16)21/h1-4,6-7,10-13,16-17,20-22,25-26H,5,8-9H2. The van der Waals surface area contributed by atoms with Gasteiger partial charge in [0.2, 0.25) is 0 Å². The van der Waals surface area contributed by atoms with Crippen molar-refractivity contribution in [2.45, 2.75) is 49.7 Å². The third-order valence-electron chi connectivity index (χ3n) is 7.05. The maximum atomic E-state index is 6.25. The van der Waals surface area contributed by atoms with Crippen LogP contribution in [0.4, 0.5) is 11.4 Å². The molecule has 5 aliphatic rings. The first-order valence-electron chi connectivity index (χ1n) is 10.7. The minimum atomic E-state index is 0.0703. The summed E-state index contributed by atoms with van der Waals surface area (Å²) >= 11 is 0. The second-order valence-electron chi connectivity index (χ2n) is 8.50. The molecule has 8 heteroatoms. The highest BCUT2D eigenvalue weighted by atomic mass is 16.5. The summed E-state index contributed by atoms with van der Waals surface area (Å²) in [6.07, 6.45) is 7.57. The van der Waals surface area contributed by atoms with Gasteiger partial charge >= 0.3 is 0 Å². The topological polar surface area (TPSA) is 67.7 Å². The summed E-state index contributed by atoms with van der Waals surface area (Å²) in [6.45, 7) is 0. The highest BCUT2D eigenvalue weighted by Crippen LogP contribution is 2.50. The van der Waals surface area contributed by atoms with Gasteiger partial charge in [-0.3, -0.25) is 10.9 Å². The van der Waals surface area contributed by atoms with Crippen LogP contribution in [0.15, 0.2) is 58.7 Å². The molecule has 2 aromatic carbocycles. The molecule has 4 aliphatic heterocycles. The van der Waals surface area contributed by atoms with Crippen molar-refractivity contribution < 1.29 is 4.74 Å². The number of para-hydroxylation sites is 4. The number of piperazine rings is 1. The number of nitrogens with zero attached hydrogens (tertiary/aromatic N) is 5. The van der Waals surface area contributed by atoms with Crippen LogP contribution in [0.5, 0.6) is 11.5 Å². The zero-order chi connectivity index (χ0) is 19.7. The van der Waals surface area contributed by atoms with E-state index in [2.05, 4.69) is 72.2 Å². The number of ether oxygens (including phenoxy) is 1. The van der Waals surface area contributed by atoms with E-state index in [0.717, 1.165) is 35.7 Å². The van der Waals surface area contributed by atoms with Gasteiger partial charge < -0.3 is 19.4 Å². The predicted octanol–water partition coefficient (Wildman–Crippen LogP) is 2.58. The average molecular weight is 401 g/mol. The third kappa shape index (κ3) is 2.10. The van der Waals surface area contributed by atoms with Crippen molar-refractivity contribution in [3.8, 4) is 11.5 Å². The Morgan fingerprint density at radius 3 is 2.10 bits per heavy atom. The normalized spacial score (nSPS) is 32.3. The van der Waals surface area contributed by atoms with Crippen LogP contribution in [0.25, 0.3) is 0 Å². The highest BCUT2D eigenvalue weighted by molar-refractivity contribution is 5.79. The van der Waals surface area contributed by atoms with Crippen molar-refractivity contribution in [1.29, 1.82) is 0 Å². The molecule has 1 aliphatic carbocycles. The summed E-state index contributed by atoms with van der Waals surface area (Å²) in [5, 5.41) is 8.82. The smallest absolute Gasteiger partial charge is 0.157 e. The monoisotopic (exact) mass is 401 g/mol. The Morgan fingerprint density at radius 1 is 0.767 bits per heavy atom. The second kappa shape index (κ2) is 6.04. The van der Waals surface area contributed by atoms with Crippen LogP contribution in [-0.4, -0.2) is 52.9 Å².